The molecule has 5 rings (SSSR count). The maximum atomic E-state index is 14.0. The fraction of sp³-hybridized carbons (Fsp3) is 0.611. The Morgan fingerprint density at radius 2 is 1.73 bits per heavy atom. The van der Waals surface area contributed by atoms with Gasteiger partial charge in [0.15, 0.2) is 5.67 Å². The molecule has 6 nitrogen and oxygen atoms in total. The summed E-state index contributed by atoms with van der Waals surface area (Å²) in [5, 5.41) is 23.5. The zero-order chi connectivity index (χ0) is 33.1. The van der Waals surface area contributed by atoms with Crippen molar-refractivity contribution in [1.29, 1.82) is 0 Å². The van der Waals surface area contributed by atoms with Gasteiger partial charge in [-0.2, -0.15) is 0 Å². The Morgan fingerprint density at radius 1 is 1.07 bits per heavy atom. The van der Waals surface area contributed by atoms with Crippen LogP contribution in [0.25, 0.3) is 0 Å². The fourth-order valence-electron chi connectivity index (χ4n) is 4.90. The summed E-state index contributed by atoms with van der Waals surface area (Å²) in [4.78, 5) is 0. The Labute approximate surface area is 271 Å². The van der Waals surface area contributed by atoms with Crippen LogP contribution < -0.4 is 10.1 Å². The number of aliphatic hydroxyl groups is 2. The number of rotatable bonds is 8. The summed E-state index contributed by atoms with van der Waals surface area (Å²) in [6, 6.07) is 13.9. The van der Waals surface area contributed by atoms with E-state index in [1.165, 1.54) is 25.0 Å². The average Bonchev–Trinajstić information content (AvgIpc) is 3.60. The first-order valence-electron chi connectivity index (χ1n) is 16.3. The van der Waals surface area contributed by atoms with E-state index in [-0.39, 0.29) is 38.6 Å². The van der Waals surface area contributed by atoms with Crippen LogP contribution in [0.2, 0.25) is 5.02 Å². The van der Waals surface area contributed by atoms with Gasteiger partial charge in [0.25, 0.3) is 0 Å². The quantitative estimate of drug-likeness (QED) is 0.254. The van der Waals surface area contributed by atoms with E-state index in [0.717, 1.165) is 16.7 Å². The largest absolute Gasteiger partial charge is 0.490 e. The molecule has 250 valence electrons. The second-order valence-electron chi connectivity index (χ2n) is 10.7. The third-order valence-electron chi connectivity index (χ3n) is 7.22. The maximum Gasteiger partial charge on any atom is 0.190 e. The average molecular weight is 638 g/mol. The van der Waals surface area contributed by atoms with Gasteiger partial charge in [-0.15, -0.1) is 0 Å². The number of hydrogen-bond donors (Lipinski definition) is 3. The second-order valence-corrected chi connectivity index (χ2v) is 11.1. The van der Waals surface area contributed by atoms with Gasteiger partial charge in [0, 0.05) is 23.9 Å². The molecule has 3 fully saturated rings. The molecular weight excluding hydrogens is 581 g/mol. The highest BCUT2D eigenvalue weighted by Crippen LogP contribution is 2.34. The molecule has 0 saturated carbocycles. The van der Waals surface area contributed by atoms with Gasteiger partial charge in [-0.05, 0) is 67.6 Å². The maximum absolute atomic E-state index is 14.0. The van der Waals surface area contributed by atoms with Crippen LogP contribution in [0, 0.1) is 0 Å². The van der Waals surface area contributed by atoms with Crippen molar-refractivity contribution in [2.24, 2.45) is 0 Å². The number of hydrogen-bond acceptors (Lipinski definition) is 6. The number of halogens is 2. The molecule has 44 heavy (non-hydrogen) atoms. The van der Waals surface area contributed by atoms with E-state index in [9.17, 15) is 14.6 Å². The highest BCUT2D eigenvalue weighted by molar-refractivity contribution is 6.31. The summed E-state index contributed by atoms with van der Waals surface area (Å²) in [7, 11) is 0. The van der Waals surface area contributed by atoms with Gasteiger partial charge < -0.3 is 29.7 Å². The van der Waals surface area contributed by atoms with Crippen molar-refractivity contribution < 1.29 is 28.8 Å². The summed E-state index contributed by atoms with van der Waals surface area (Å²) in [5.41, 5.74) is 2.82. The van der Waals surface area contributed by atoms with Gasteiger partial charge in [-0.3, -0.25) is 0 Å². The van der Waals surface area contributed by atoms with E-state index in [1.54, 1.807) is 0 Å². The number of benzene rings is 2. The zero-order valence-electron chi connectivity index (χ0n) is 28.0. The minimum absolute atomic E-state index is 0.0116. The normalized spacial score (nSPS) is 23.0. The van der Waals surface area contributed by atoms with Crippen LogP contribution in [0.15, 0.2) is 54.6 Å². The van der Waals surface area contributed by atoms with Gasteiger partial charge >= 0.3 is 0 Å². The van der Waals surface area contributed by atoms with Crippen molar-refractivity contribution in [3.8, 4) is 5.75 Å². The van der Waals surface area contributed by atoms with Crippen LogP contribution in [-0.2, 0) is 15.9 Å². The fourth-order valence-corrected chi connectivity index (χ4v) is 5.09. The highest BCUT2D eigenvalue weighted by Gasteiger charge is 2.39. The van der Waals surface area contributed by atoms with Crippen LogP contribution in [0.4, 0.5) is 4.39 Å². The van der Waals surface area contributed by atoms with E-state index < -0.39 is 11.8 Å². The van der Waals surface area contributed by atoms with E-state index in [1.807, 2.05) is 84.0 Å². The van der Waals surface area contributed by atoms with Gasteiger partial charge in [-0.1, -0.05) is 89.6 Å². The second kappa shape index (κ2) is 21.7. The molecule has 3 saturated heterocycles. The zero-order valence-corrected chi connectivity index (χ0v) is 28.8. The molecule has 3 aliphatic heterocycles. The SMILES string of the molecule is C=C(C)C1CCCN1.CC.CC.CC.OCC1CC(O)C[C@H](c2ccc(Cl)c(Cc3ccc(OCC4(F)COC4)cc3)c2)O1. The molecule has 3 unspecified atom stereocenters. The molecule has 0 spiro atoms. The third kappa shape index (κ3) is 13.2. The molecular formula is C36H57ClFNO5. The molecule has 0 bridgehead atoms. The molecule has 3 N–H and O–H groups in total. The summed E-state index contributed by atoms with van der Waals surface area (Å²) in [6.45, 7) is 19.2. The van der Waals surface area contributed by atoms with Gasteiger partial charge in [0.2, 0.25) is 0 Å². The lowest BCUT2D eigenvalue weighted by Gasteiger charge is -2.33. The van der Waals surface area contributed by atoms with Crippen molar-refractivity contribution >= 4 is 11.6 Å². The molecule has 0 radical (unpaired) electrons. The standard InChI is InChI=1S/C23H26ClFO5.C7H13N.3C2H6/c24-21-6-3-16(22-10-18(27)9-20(11-26)30-22)8-17(21)7-15-1-4-19(5-2-15)29-14-23(25)12-28-13-23;1-6(2)7-4-3-5-8-7;3*1-2/h1-6,8,18,20,22,26-27H,7,9-14H2;7-8H,1,3-5H2,2H3;3*1-2H3/t18?,20?,22-;;;;/m1..../s1. The summed E-state index contributed by atoms with van der Waals surface area (Å²) in [6.07, 6.45) is 3.02. The van der Waals surface area contributed by atoms with Gasteiger partial charge in [-0.25, -0.2) is 4.39 Å². The summed E-state index contributed by atoms with van der Waals surface area (Å²) in [5.74, 6) is 0.613. The predicted molar refractivity (Wildman–Crippen MR) is 181 cm³/mol. The number of nitrogens with one attached hydrogen (secondary N) is 1. The van der Waals surface area contributed by atoms with Crippen molar-refractivity contribution in [2.75, 3.05) is 33.0 Å². The summed E-state index contributed by atoms with van der Waals surface area (Å²) >= 11 is 6.41. The van der Waals surface area contributed by atoms with E-state index >= 15 is 0 Å². The number of alkyl halides is 1. The Kier molecular flexibility index (Phi) is 19.7. The van der Waals surface area contributed by atoms with E-state index in [2.05, 4.69) is 18.8 Å². The Balaban J connectivity index is 0.000000583. The Hall–Kier alpha value is -2.00. The van der Waals surface area contributed by atoms with Crippen molar-refractivity contribution in [3.05, 3.63) is 76.3 Å². The van der Waals surface area contributed by atoms with E-state index in [0.29, 0.717) is 36.1 Å². The van der Waals surface area contributed by atoms with Gasteiger partial charge in [0.1, 0.15) is 12.4 Å². The molecule has 0 aromatic heterocycles. The van der Waals surface area contributed by atoms with Crippen LogP contribution in [0.3, 0.4) is 0 Å². The Morgan fingerprint density at radius 3 is 2.23 bits per heavy atom. The molecule has 2 aromatic rings. The van der Waals surface area contributed by atoms with E-state index in [4.69, 9.17) is 25.8 Å². The molecule has 2 aromatic carbocycles. The lowest BCUT2D eigenvalue weighted by molar-refractivity contribution is -0.146. The highest BCUT2D eigenvalue weighted by atomic mass is 35.5. The molecule has 3 heterocycles. The minimum Gasteiger partial charge on any atom is -0.490 e. The lowest BCUT2D eigenvalue weighted by Crippen LogP contribution is -2.50. The van der Waals surface area contributed by atoms with Crippen molar-refractivity contribution in [2.45, 2.75) is 111 Å². The molecule has 3 aliphatic rings. The minimum atomic E-state index is -1.38. The molecule has 4 atom stereocenters. The van der Waals surface area contributed by atoms with Crippen LogP contribution >= 0.6 is 11.6 Å². The molecule has 0 amide bonds. The number of aliphatic hydroxyl groups excluding tert-OH is 2. The smallest absolute Gasteiger partial charge is 0.190 e. The first-order valence-corrected chi connectivity index (χ1v) is 16.7. The number of ether oxygens (including phenoxy) is 3. The van der Waals surface area contributed by atoms with Crippen molar-refractivity contribution in [3.63, 3.8) is 0 Å². The summed E-state index contributed by atoms with van der Waals surface area (Å²) < 4.78 is 30.3. The topological polar surface area (TPSA) is 80.2 Å². The lowest BCUT2D eigenvalue weighted by atomic mass is 9.94. The first-order chi connectivity index (χ1) is 21.2. The van der Waals surface area contributed by atoms with Gasteiger partial charge in [0.05, 0.1) is 38.1 Å². The van der Waals surface area contributed by atoms with Crippen LogP contribution in [0.5, 0.6) is 5.75 Å². The third-order valence-corrected chi connectivity index (χ3v) is 7.58. The van der Waals surface area contributed by atoms with Crippen LogP contribution in [0.1, 0.15) is 96.9 Å². The first kappa shape index (κ1) is 40.0. The molecule has 0 aliphatic carbocycles. The monoisotopic (exact) mass is 637 g/mol. The predicted octanol–water partition coefficient (Wildman–Crippen LogP) is 8.01. The Bertz CT molecular complexity index is 1060. The van der Waals surface area contributed by atoms with Crippen molar-refractivity contribution in [1.82, 2.24) is 5.32 Å². The molecule has 8 heteroatoms. The van der Waals surface area contributed by atoms with Crippen LogP contribution in [-0.4, -0.2) is 67.1 Å².